The minimum Gasteiger partial charge on any atom is -0.314 e. The predicted molar refractivity (Wildman–Crippen MR) is 68.1 cm³/mol. The Morgan fingerprint density at radius 2 is 1.73 bits per heavy atom. The first-order valence-corrected chi connectivity index (χ1v) is 6.92. The van der Waals surface area contributed by atoms with Crippen molar-refractivity contribution in [3.63, 3.8) is 0 Å². The van der Waals surface area contributed by atoms with E-state index in [0.29, 0.717) is 0 Å². The third kappa shape index (κ3) is 6.19. The van der Waals surface area contributed by atoms with Crippen molar-refractivity contribution in [1.82, 2.24) is 5.32 Å². The Labute approximate surface area is 96.0 Å². The molecule has 0 bridgehead atoms. The Balaban J connectivity index is 1.74. The van der Waals surface area contributed by atoms with Crippen molar-refractivity contribution in [2.75, 3.05) is 6.54 Å². The molecule has 1 N–H and O–H groups in total. The third-order valence-corrected chi connectivity index (χ3v) is 3.52. The van der Waals surface area contributed by atoms with E-state index in [1.54, 1.807) is 0 Å². The zero-order valence-corrected chi connectivity index (χ0v) is 10.9. The second kappa shape index (κ2) is 7.27. The average Bonchev–Trinajstić information content (AvgIpc) is 2.12. The van der Waals surface area contributed by atoms with Crippen molar-refractivity contribution >= 4 is 0 Å². The van der Waals surface area contributed by atoms with Crippen LogP contribution in [0.2, 0.25) is 0 Å². The van der Waals surface area contributed by atoms with E-state index in [-0.39, 0.29) is 0 Å². The van der Waals surface area contributed by atoms with Gasteiger partial charge in [0.15, 0.2) is 0 Å². The topological polar surface area (TPSA) is 12.0 Å². The van der Waals surface area contributed by atoms with E-state index < -0.39 is 0 Å². The van der Waals surface area contributed by atoms with Gasteiger partial charge in [0.25, 0.3) is 0 Å². The summed E-state index contributed by atoms with van der Waals surface area (Å²) < 4.78 is 0. The van der Waals surface area contributed by atoms with Gasteiger partial charge in [0, 0.05) is 6.04 Å². The average molecular weight is 211 g/mol. The number of rotatable bonds is 8. The molecule has 0 amide bonds. The highest BCUT2D eigenvalue weighted by Crippen LogP contribution is 2.26. The van der Waals surface area contributed by atoms with Crippen LogP contribution in [0.1, 0.15) is 65.7 Å². The fourth-order valence-electron chi connectivity index (χ4n) is 2.41. The summed E-state index contributed by atoms with van der Waals surface area (Å²) in [5.74, 6) is 1.87. The van der Waals surface area contributed by atoms with E-state index in [1.807, 2.05) is 0 Å². The van der Waals surface area contributed by atoms with Gasteiger partial charge in [0.2, 0.25) is 0 Å². The molecule has 0 aromatic carbocycles. The number of nitrogens with one attached hydrogen (secondary N) is 1. The molecule has 0 aromatic heterocycles. The highest BCUT2D eigenvalue weighted by atomic mass is 14.9. The molecule has 1 saturated carbocycles. The van der Waals surface area contributed by atoms with Crippen LogP contribution in [0.15, 0.2) is 0 Å². The van der Waals surface area contributed by atoms with Crippen LogP contribution in [0.4, 0.5) is 0 Å². The van der Waals surface area contributed by atoms with E-state index in [9.17, 15) is 0 Å². The summed E-state index contributed by atoms with van der Waals surface area (Å²) in [6.45, 7) is 8.24. The second-order valence-electron chi connectivity index (χ2n) is 5.82. The van der Waals surface area contributed by atoms with Crippen molar-refractivity contribution in [3.05, 3.63) is 0 Å². The third-order valence-electron chi connectivity index (χ3n) is 3.52. The molecule has 1 aliphatic carbocycles. The maximum Gasteiger partial charge on any atom is 0.00721 e. The summed E-state index contributed by atoms with van der Waals surface area (Å²) in [4.78, 5) is 0. The van der Waals surface area contributed by atoms with Crippen LogP contribution in [0.5, 0.6) is 0 Å². The van der Waals surface area contributed by atoms with Crippen LogP contribution in [-0.2, 0) is 0 Å². The highest BCUT2D eigenvalue weighted by molar-refractivity contribution is 4.81. The Morgan fingerprint density at radius 3 is 2.33 bits per heavy atom. The summed E-state index contributed by atoms with van der Waals surface area (Å²) in [6.07, 6.45) is 9.89. The molecule has 0 unspecified atom stereocenters. The maximum absolute atomic E-state index is 3.65. The molecule has 1 rings (SSSR count). The first kappa shape index (κ1) is 13.0. The molecule has 1 fully saturated rings. The van der Waals surface area contributed by atoms with Crippen molar-refractivity contribution in [3.8, 4) is 0 Å². The van der Waals surface area contributed by atoms with E-state index >= 15 is 0 Å². The number of unbranched alkanes of at least 4 members (excludes halogenated alkanes) is 3. The number of hydrogen-bond donors (Lipinski definition) is 1. The smallest absolute Gasteiger partial charge is 0.00721 e. The number of hydrogen-bond acceptors (Lipinski definition) is 1. The minimum absolute atomic E-state index is 0.857. The molecular weight excluding hydrogens is 182 g/mol. The van der Waals surface area contributed by atoms with E-state index in [2.05, 4.69) is 26.1 Å². The Morgan fingerprint density at radius 1 is 1.07 bits per heavy atom. The quantitative estimate of drug-likeness (QED) is 0.599. The highest BCUT2D eigenvalue weighted by Gasteiger charge is 2.23. The second-order valence-corrected chi connectivity index (χ2v) is 5.82. The molecule has 0 heterocycles. The van der Waals surface area contributed by atoms with Gasteiger partial charge in [-0.3, -0.25) is 0 Å². The lowest BCUT2D eigenvalue weighted by atomic mass is 9.82. The van der Waals surface area contributed by atoms with Gasteiger partial charge in [0.05, 0.1) is 0 Å². The summed E-state index contributed by atoms with van der Waals surface area (Å²) in [5.41, 5.74) is 0. The summed E-state index contributed by atoms with van der Waals surface area (Å²) in [5, 5.41) is 3.65. The van der Waals surface area contributed by atoms with Gasteiger partial charge in [-0.05, 0) is 37.6 Å². The summed E-state index contributed by atoms with van der Waals surface area (Å²) >= 11 is 0. The summed E-state index contributed by atoms with van der Waals surface area (Å²) in [7, 11) is 0. The lowest BCUT2D eigenvalue weighted by Crippen LogP contribution is -2.40. The Kier molecular flexibility index (Phi) is 6.31. The molecule has 0 aliphatic heterocycles. The SMILES string of the molecule is CC(C)CCCCCCNC1CC(C)C1. The lowest BCUT2D eigenvalue weighted by Gasteiger charge is -2.33. The fraction of sp³-hybridized carbons (Fsp3) is 1.00. The minimum atomic E-state index is 0.857. The lowest BCUT2D eigenvalue weighted by molar-refractivity contribution is 0.241. The Bertz CT molecular complexity index is 147. The van der Waals surface area contributed by atoms with Gasteiger partial charge in [0.1, 0.15) is 0 Å². The molecule has 1 heteroatoms. The van der Waals surface area contributed by atoms with Crippen LogP contribution in [0.25, 0.3) is 0 Å². The fourth-order valence-corrected chi connectivity index (χ4v) is 2.41. The van der Waals surface area contributed by atoms with E-state index in [4.69, 9.17) is 0 Å². The first-order valence-electron chi connectivity index (χ1n) is 6.92. The Hall–Kier alpha value is -0.0400. The van der Waals surface area contributed by atoms with Gasteiger partial charge < -0.3 is 5.32 Å². The van der Waals surface area contributed by atoms with E-state index in [1.165, 1.54) is 51.5 Å². The van der Waals surface area contributed by atoms with Crippen molar-refractivity contribution in [1.29, 1.82) is 0 Å². The van der Waals surface area contributed by atoms with Crippen LogP contribution in [0, 0.1) is 11.8 Å². The normalized spacial score (nSPS) is 25.6. The molecule has 1 nitrogen and oxygen atoms in total. The molecule has 90 valence electrons. The molecule has 0 saturated heterocycles. The van der Waals surface area contributed by atoms with Crippen LogP contribution in [0.3, 0.4) is 0 Å². The van der Waals surface area contributed by atoms with Crippen molar-refractivity contribution in [2.24, 2.45) is 11.8 Å². The largest absolute Gasteiger partial charge is 0.314 e. The monoisotopic (exact) mass is 211 g/mol. The van der Waals surface area contributed by atoms with Crippen LogP contribution >= 0.6 is 0 Å². The zero-order chi connectivity index (χ0) is 11.1. The molecule has 1 aliphatic rings. The van der Waals surface area contributed by atoms with Gasteiger partial charge >= 0.3 is 0 Å². The summed E-state index contributed by atoms with van der Waals surface area (Å²) in [6, 6.07) is 0.857. The van der Waals surface area contributed by atoms with Crippen LogP contribution in [-0.4, -0.2) is 12.6 Å². The van der Waals surface area contributed by atoms with Gasteiger partial charge in [-0.2, -0.15) is 0 Å². The maximum atomic E-state index is 3.65. The van der Waals surface area contributed by atoms with Crippen molar-refractivity contribution < 1.29 is 0 Å². The molecule has 0 aromatic rings. The molecular formula is C14H29N. The van der Waals surface area contributed by atoms with Gasteiger partial charge in [-0.15, -0.1) is 0 Å². The molecule has 0 radical (unpaired) electrons. The molecule has 0 atom stereocenters. The van der Waals surface area contributed by atoms with Crippen molar-refractivity contribution in [2.45, 2.75) is 71.8 Å². The van der Waals surface area contributed by atoms with Crippen LogP contribution < -0.4 is 5.32 Å². The van der Waals surface area contributed by atoms with Gasteiger partial charge in [-0.25, -0.2) is 0 Å². The molecule has 15 heavy (non-hydrogen) atoms. The van der Waals surface area contributed by atoms with Gasteiger partial charge in [-0.1, -0.05) is 46.5 Å². The predicted octanol–water partition coefficient (Wildman–Crippen LogP) is 3.98. The first-order chi connectivity index (χ1) is 7.18. The van der Waals surface area contributed by atoms with E-state index in [0.717, 1.165) is 17.9 Å². The zero-order valence-electron chi connectivity index (χ0n) is 10.9. The molecule has 0 spiro atoms. The standard InChI is InChI=1S/C14H29N/c1-12(2)8-6-4-5-7-9-15-14-10-13(3)11-14/h12-15H,4-11H2,1-3H3.